The topological polar surface area (TPSA) is 88.9 Å². The SMILES string of the molecule is CS(=O)(=O)Oc1cccc(CN(Cc2ccco2)C(=O)Nc2cccc(F)c2)c1. The van der Waals surface area contributed by atoms with Crippen molar-refractivity contribution in [2.24, 2.45) is 0 Å². The van der Waals surface area contributed by atoms with E-state index in [1.807, 2.05) is 0 Å². The fourth-order valence-electron chi connectivity index (χ4n) is 2.65. The molecule has 0 saturated heterocycles. The first-order valence-corrected chi connectivity index (χ1v) is 10.4. The van der Waals surface area contributed by atoms with E-state index >= 15 is 0 Å². The van der Waals surface area contributed by atoms with Crippen molar-refractivity contribution < 1.29 is 26.2 Å². The average molecular weight is 418 g/mol. The summed E-state index contributed by atoms with van der Waals surface area (Å²) in [6.45, 7) is 0.300. The van der Waals surface area contributed by atoms with Gasteiger partial charge in [-0.25, -0.2) is 9.18 Å². The van der Waals surface area contributed by atoms with Gasteiger partial charge in [-0.1, -0.05) is 18.2 Å². The van der Waals surface area contributed by atoms with E-state index in [1.165, 1.54) is 41.5 Å². The smallest absolute Gasteiger partial charge is 0.322 e. The second kappa shape index (κ2) is 8.78. The van der Waals surface area contributed by atoms with Crippen LogP contribution in [0.3, 0.4) is 0 Å². The quantitative estimate of drug-likeness (QED) is 0.586. The van der Waals surface area contributed by atoms with Crippen molar-refractivity contribution in [1.29, 1.82) is 0 Å². The van der Waals surface area contributed by atoms with Gasteiger partial charge in [0.1, 0.15) is 17.3 Å². The molecule has 7 nitrogen and oxygen atoms in total. The Labute approximate surface area is 167 Å². The second-order valence-electron chi connectivity index (χ2n) is 6.31. The Morgan fingerprint density at radius 1 is 1.10 bits per heavy atom. The first-order chi connectivity index (χ1) is 13.8. The number of halogens is 1. The van der Waals surface area contributed by atoms with Crippen molar-refractivity contribution in [2.45, 2.75) is 13.1 Å². The van der Waals surface area contributed by atoms with Crippen molar-refractivity contribution in [3.05, 3.63) is 84.1 Å². The normalized spacial score (nSPS) is 11.1. The fraction of sp³-hybridized carbons (Fsp3) is 0.150. The largest absolute Gasteiger partial charge is 0.467 e. The minimum Gasteiger partial charge on any atom is -0.467 e. The van der Waals surface area contributed by atoms with Crippen LogP contribution in [0, 0.1) is 5.82 Å². The number of nitrogens with zero attached hydrogens (tertiary/aromatic N) is 1. The summed E-state index contributed by atoms with van der Waals surface area (Å²) in [7, 11) is -3.67. The summed E-state index contributed by atoms with van der Waals surface area (Å²) in [5.74, 6) is 0.238. The first-order valence-electron chi connectivity index (χ1n) is 8.61. The number of anilines is 1. The predicted octanol–water partition coefficient (Wildman–Crippen LogP) is 3.99. The van der Waals surface area contributed by atoms with E-state index in [-0.39, 0.29) is 18.8 Å². The van der Waals surface area contributed by atoms with Gasteiger partial charge < -0.3 is 18.8 Å². The van der Waals surface area contributed by atoms with Crippen molar-refractivity contribution in [3.8, 4) is 5.75 Å². The van der Waals surface area contributed by atoms with Crippen molar-refractivity contribution in [3.63, 3.8) is 0 Å². The lowest BCUT2D eigenvalue weighted by Crippen LogP contribution is -2.34. The lowest BCUT2D eigenvalue weighted by atomic mass is 10.2. The second-order valence-corrected chi connectivity index (χ2v) is 7.89. The van der Waals surface area contributed by atoms with E-state index in [0.717, 1.165) is 6.26 Å². The molecule has 29 heavy (non-hydrogen) atoms. The summed E-state index contributed by atoms with van der Waals surface area (Å²) in [6, 6.07) is 14.9. The van der Waals surface area contributed by atoms with Gasteiger partial charge in [-0.2, -0.15) is 8.42 Å². The van der Waals surface area contributed by atoms with Crippen LogP contribution in [0.4, 0.5) is 14.9 Å². The summed E-state index contributed by atoms with van der Waals surface area (Å²) in [4.78, 5) is 14.2. The molecule has 2 aromatic carbocycles. The van der Waals surface area contributed by atoms with Gasteiger partial charge >= 0.3 is 16.1 Å². The third kappa shape index (κ3) is 6.35. The zero-order valence-corrected chi connectivity index (χ0v) is 16.4. The summed E-state index contributed by atoms with van der Waals surface area (Å²) in [6.07, 6.45) is 2.45. The van der Waals surface area contributed by atoms with Gasteiger partial charge in [-0.15, -0.1) is 0 Å². The highest BCUT2D eigenvalue weighted by molar-refractivity contribution is 7.86. The molecule has 0 aliphatic heterocycles. The molecule has 1 N–H and O–H groups in total. The standard InChI is InChI=1S/C20H19FN2O5S/c1-29(25,26)28-18-8-2-5-15(11-18)13-23(14-19-9-4-10-27-19)20(24)22-17-7-3-6-16(21)12-17/h2-12H,13-14H2,1H3,(H,22,24). The number of carbonyl (C=O) groups excluding carboxylic acids is 1. The molecule has 0 radical (unpaired) electrons. The molecule has 0 aliphatic carbocycles. The van der Waals surface area contributed by atoms with Crippen molar-refractivity contribution in [2.75, 3.05) is 11.6 Å². The zero-order chi connectivity index (χ0) is 20.9. The van der Waals surface area contributed by atoms with Gasteiger partial charge in [0.2, 0.25) is 0 Å². The van der Waals surface area contributed by atoms with Crippen LogP contribution in [0.15, 0.2) is 71.3 Å². The highest BCUT2D eigenvalue weighted by Crippen LogP contribution is 2.19. The fourth-order valence-corrected chi connectivity index (χ4v) is 3.10. The van der Waals surface area contributed by atoms with Crippen LogP contribution < -0.4 is 9.50 Å². The summed E-state index contributed by atoms with van der Waals surface area (Å²) < 4.78 is 46.3. The molecule has 152 valence electrons. The number of benzene rings is 2. The minimum atomic E-state index is -3.67. The Bertz CT molecular complexity index is 1080. The van der Waals surface area contributed by atoms with Crippen LogP contribution in [-0.4, -0.2) is 25.6 Å². The Morgan fingerprint density at radius 2 is 1.90 bits per heavy atom. The third-order valence-corrected chi connectivity index (χ3v) is 4.30. The number of nitrogens with one attached hydrogen (secondary N) is 1. The molecule has 3 rings (SSSR count). The monoisotopic (exact) mass is 418 g/mol. The lowest BCUT2D eigenvalue weighted by molar-refractivity contribution is 0.201. The number of hydrogen-bond donors (Lipinski definition) is 1. The number of carbonyl (C=O) groups is 1. The van der Waals surface area contributed by atoms with Crippen LogP contribution in [-0.2, 0) is 23.2 Å². The average Bonchev–Trinajstić information content (AvgIpc) is 3.13. The molecule has 0 atom stereocenters. The van der Waals surface area contributed by atoms with Crippen LogP contribution in [0.5, 0.6) is 5.75 Å². The zero-order valence-electron chi connectivity index (χ0n) is 15.5. The van der Waals surface area contributed by atoms with E-state index in [9.17, 15) is 17.6 Å². The maximum absolute atomic E-state index is 13.4. The molecule has 0 unspecified atom stereocenters. The Kier molecular flexibility index (Phi) is 6.18. The predicted molar refractivity (Wildman–Crippen MR) is 105 cm³/mol. The first kappa shape index (κ1) is 20.4. The highest BCUT2D eigenvalue weighted by Gasteiger charge is 2.17. The molecule has 1 aromatic heterocycles. The number of amides is 2. The molecule has 3 aromatic rings. The van der Waals surface area contributed by atoms with Gasteiger partial charge in [0.25, 0.3) is 0 Å². The number of hydrogen-bond acceptors (Lipinski definition) is 5. The summed E-state index contributed by atoms with van der Waals surface area (Å²) >= 11 is 0. The van der Waals surface area contributed by atoms with Gasteiger partial charge in [0.05, 0.1) is 19.1 Å². The number of urea groups is 1. The van der Waals surface area contributed by atoms with Crippen molar-refractivity contribution in [1.82, 2.24) is 4.90 Å². The van der Waals surface area contributed by atoms with E-state index in [2.05, 4.69) is 5.32 Å². The maximum atomic E-state index is 13.4. The summed E-state index contributed by atoms with van der Waals surface area (Å²) in [5.41, 5.74) is 0.959. The molecule has 0 saturated carbocycles. The Balaban J connectivity index is 1.80. The van der Waals surface area contributed by atoms with E-state index < -0.39 is 22.0 Å². The van der Waals surface area contributed by atoms with Crippen LogP contribution in [0.1, 0.15) is 11.3 Å². The van der Waals surface area contributed by atoms with E-state index in [1.54, 1.807) is 30.3 Å². The van der Waals surface area contributed by atoms with Gasteiger partial charge in [-0.3, -0.25) is 0 Å². The Morgan fingerprint density at radius 3 is 2.59 bits per heavy atom. The molecule has 0 bridgehead atoms. The maximum Gasteiger partial charge on any atom is 0.322 e. The van der Waals surface area contributed by atoms with Crippen molar-refractivity contribution >= 4 is 21.8 Å². The van der Waals surface area contributed by atoms with Gasteiger partial charge in [0.15, 0.2) is 0 Å². The molecule has 0 aliphatic rings. The lowest BCUT2D eigenvalue weighted by Gasteiger charge is -2.22. The van der Waals surface area contributed by atoms with Gasteiger partial charge in [-0.05, 0) is 48.0 Å². The van der Waals surface area contributed by atoms with Crippen LogP contribution in [0.2, 0.25) is 0 Å². The van der Waals surface area contributed by atoms with E-state index in [4.69, 9.17) is 8.60 Å². The molecular formula is C20H19FN2O5S. The molecule has 1 heterocycles. The molecular weight excluding hydrogens is 399 g/mol. The minimum absolute atomic E-state index is 0.142. The van der Waals surface area contributed by atoms with Gasteiger partial charge in [0, 0.05) is 12.2 Å². The molecule has 0 fully saturated rings. The van der Waals surface area contributed by atoms with Crippen LogP contribution >= 0.6 is 0 Å². The van der Waals surface area contributed by atoms with E-state index in [0.29, 0.717) is 17.0 Å². The molecule has 0 spiro atoms. The molecule has 9 heteroatoms. The molecule has 2 amide bonds. The van der Waals surface area contributed by atoms with Crippen LogP contribution in [0.25, 0.3) is 0 Å². The third-order valence-electron chi connectivity index (χ3n) is 3.81. The summed E-state index contributed by atoms with van der Waals surface area (Å²) in [5, 5.41) is 2.65. The number of furan rings is 1. The highest BCUT2D eigenvalue weighted by atomic mass is 32.2. The number of rotatable bonds is 7. The Hall–Kier alpha value is -3.33.